The Labute approximate surface area is 212 Å². The molecule has 36 heavy (non-hydrogen) atoms. The number of Topliss-reactive ketones (excluding diaryl/α,β-unsaturated/α-hetero) is 1. The number of methoxy groups -OCH3 is 1. The van der Waals surface area contributed by atoms with Crippen molar-refractivity contribution < 1.29 is 23.9 Å². The van der Waals surface area contributed by atoms with Gasteiger partial charge in [-0.05, 0) is 49.3 Å². The zero-order chi connectivity index (χ0) is 26.0. The maximum absolute atomic E-state index is 13.8. The molecule has 188 valence electrons. The number of carbonyl (C=O) groups excluding carboxylic acids is 3. The SMILES string of the molecule is CC[C@H](C)OC(=O)C1=C(C)NC2=C(C(=O)[C@H](C(=O)OC)[C@@H](C)C2)[C@H]1c1ccc(-c2ccccc2)cc1. The van der Waals surface area contributed by atoms with E-state index in [1.54, 1.807) is 0 Å². The van der Waals surface area contributed by atoms with Crippen LogP contribution in [0.2, 0.25) is 0 Å². The molecule has 1 aliphatic heterocycles. The molecule has 6 heteroatoms. The van der Waals surface area contributed by atoms with Gasteiger partial charge in [0.15, 0.2) is 5.78 Å². The summed E-state index contributed by atoms with van der Waals surface area (Å²) in [6, 6.07) is 17.9. The van der Waals surface area contributed by atoms with Gasteiger partial charge in [0.1, 0.15) is 5.92 Å². The van der Waals surface area contributed by atoms with Gasteiger partial charge in [-0.15, -0.1) is 0 Å². The van der Waals surface area contributed by atoms with Crippen LogP contribution in [-0.4, -0.2) is 30.9 Å². The van der Waals surface area contributed by atoms with Gasteiger partial charge in [-0.2, -0.15) is 0 Å². The van der Waals surface area contributed by atoms with Crippen LogP contribution in [0, 0.1) is 11.8 Å². The fourth-order valence-corrected chi connectivity index (χ4v) is 5.11. The third kappa shape index (κ3) is 4.72. The third-order valence-electron chi connectivity index (χ3n) is 7.20. The first-order valence-electron chi connectivity index (χ1n) is 12.5. The van der Waals surface area contributed by atoms with Crippen molar-refractivity contribution in [3.63, 3.8) is 0 Å². The van der Waals surface area contributed by atoms with Crippen molar-refractivity contribution in [2.75, 3.05) is 7.11 Å². The molecule has 0 bridgehead atoms. The van der Waals surface area contributed by atoms with E-state index in [1.165, 1.54) is 7.11 Å². The number of allylic oxidation sites excluding steroid dienone is 3. The second-order valence-electron chi connectivity index (χ2n) is 9.65. The number of benzene rings is 2. The number of carbonyl (C=O) groups is 3. The lowest BCUT2D eigenvalue weighted by atomic mass is 9.69. The molecule has 2 aliphatic rings. The zero-order valence-corrected chi connectivity index (χ0v) is 21.5. The number of nitrogens with one attached hydrogen (secondary N) is 1. The highest BCUT2D eigenvalue weighted by Crippen LogP contribution is 2.45. The summed E-state index contributed by atoms with van der Waals surface area (Å²) in [5.41, 5.74) is 5.16. The van der Waals surface area contributed by atoms with Crippen molar-refractivity contribution in [1.82, 2.24) is 5.32 Å². The molecule has 0 fully saturated rings. The van der Waals surface area contributed by atoms with Crippen molar-refractivity contribution >= 4 is 17.7 Å². The number of ketones is 1. The summed E-state index contributed by atoms with van der Waals surface area (Å²) < 4.78 is 10.7. The van der Waals surface area contributed by atoms with Gasteiger partial charge in [0.05, 0.1) is 18.8 Å². The lowest BCUT2D eigenvalue weighted by Gasteiger charge is -2.38. The van der Waals surface area contributed by atoms with E-state index in [0.29, 0.717) is 29.7 Å². The van der Waals surface area contributed by atoms with Crippen LogP contribution in [0.5, 0.6) is 0 Å². The molecule has 0 saturated heterocycles. The van der Waals surface area contributed by atoms with E-state index in [-0.39, 0.29) is 17.8 Å². The van der Waals surface area contributed by atoms with Gasteiger partial charge in [-0.1, -0.05) is 68.4 Å². The highest BCUT2D eigenvalue weighted by Gasteiger charge is 2.47. The van der Waals surface area contributed by atoms with Crippen LogP contribution in [0.4, 0.5) is 0 Å². The van der Waals surface area contributed by atoms with Gasteiger partial charge >= 0.3 is 11.9 Å². The highest BCUT2D eigenvalue weighted by atomic mass is 16.5. The second kappa shape index (κ2) is 10.5. The predicted octanol–water partition coefficient (Wildman–Crippen LogP) is 5.31. The molecule has 6 nitrogen and oxygen atoms in total. The molecular weight excluding hydrogens is 454 g/mol. The van der Waals surface area contributed by atoms with Gasteiger partial charge in [0.25, 0.3) is 0 Å². The average Bonchev–Trinajstić information content (AvgIpc) is 2.88. The number of dihydropyridines is 1. The van der Waals surface area contributed by atoms with E-state index in [4.69, 9.17) is 9.47 Å². The van der Waals surface area contributed by atoms with E-state index >= 15 is 0 Å². The number of rotatable bonds is 6. The largest absolute Gasteiger partial charge is 0.468 e. The van der Waals surface area contributed by atoms with Gasteiger partial charge in [0.2, 0.25) is 0 Å². The Bertz CT molecular complexity index is 1230. The molecule has 0 aromatic heterocycles. The van der Waals surface area contributed by atoms with Gasteiger partial charge in [-0.3, -0.25) is 9.59 Å². The minimum atomic E-state index is -0.910. The Morgan fingerprint density at radius 2 is 1.69 bits per heavy atom. The minimum absolute atomic E-state index is 0.223. The lowest BCUT2D eigenvalue weighted by molar-refractivity contribution is -0.151. The smallest absolute Gasteiger partial charge is 0.337 e. The summed E-state index contributed by atoms with van der Waals surface area (Å²) in [5.74, 6) is -3.09. The van der Waals surface area contributed by atoms with E-state index in [9.17, 15) is 14.4 Å². The predicted molar refractivity (Wildman–Crippen MR) is 138 cm³/mol. The Kier molecular flexibility index (Phi) is 7.43. The second-order valence-corrected chi connectivity index (χ2v) is 9.65. The highest BCUT2D eigenvalue weighted by molar-refractivity contribution is 6.12. The van der Waals surface area contributed by atoms with Crippen LogP contribution < -0.4 is 5.32 Å². The van der Waals surface area contributed by atoms with Gasteiger partial charge in [-0.25, -0.2) is 4.79 Å². The first-order valence-corrected chi connectivity index (χ1v) is 12.5. The van der Waals surface area contributed by atoms with E-state index in [0.717, 1.165) is 22.4 Å². The van der Waals surface area contributed by atoms with Crippen LogP contribution in [-0.2, 0) is 23.9 Å². The molecule has 4 atom stereocenters. The lowest BCUT2D eigenvalue weighted by Crippen LogP contribution is -2.43. The summed E-state index contributed by atoms with van der Waals surface area (Å²) in [6.45, 7) is 7.51. The van der Waals surface area contributed by atoms with Crippen molar-refractivity contribution in [2.24, 2.45) is 11.8 Å². The third-order valence-corrected chi connectivity index (χ3v) is 7.20. The van der Waals surface area contributed by atoms with Crippen molar-refractivity contribution in [2.45, 2.75) is 52.6 Å². The molecule has 0 amide bonds. The number of hydrogen-bond acceptors (Lipinski definition) is 6. The fourth-order valence-electron chi connectivity index (χ4n) is 5.11. The first kappa shape index (κ1) is 25.4. The van der Waals surface area contributed by atoms with Gasteiger partial charge < -0.3 is 14.8 Å². The topological polar surface area (TPSA) is 81.7 Å². The summed E-state index contributed by atoms with van der Waals surface area (Å²) in [4.78, 5) is 39.8. The summed E-state index contributed by atoms with van der Waals surface area (Å²) in [5, 5.41) is 3.30. The minimum Gasteiger partial charge on any atom is -0.468 e. The van der Waals surface area contributed by atoms with E-state index < -0.39 is 23.8 Å². The summed E-state index contributed by atoms with van der Waals surface area (Å²) >= 11 is 0. The van der Waals surface area contributed by atoms with Crippen LogP contribution >= 0.6 is 0 Å². The molecule has 2 aromatic carbocycles. The Morgan fingerprint density at radius 1 is 1.06 bits per heavy atom. The summed E-state index contributed by atoms with van der Waals surface area (Å²) in [7, 11) is 1.30. The van der Waals surface area contributed by atoms with Crippen LogP contribution in [0.3, 0.4) is 0 Å². The Morgan fingerprint density at radius 3 is 2.31 bits per heavy atom. The van der Waals surface area contributed by atoms with Crippen molar-refractivity contribution in [1.29, 1.82) is 0 Å². The normalized spacial score (nSPS) is 22.5. The quantitative estimate of drug-likeness (QED) is 0.439. The van der Waals surface area contributed by atoms with Crippen molar-refractivity contribution in [3.8, 4) is 11.1 Å². The first-order chi connectivity index (χ1) is 17.3. The van der Waals surface area contributed by atoms with E-state index in [1.807, 2.05) is 82.3 Å². The maximum Gasteiger partial charge on any atom is 0.337 e. The monoisotopic (exact) mass is 487 g/mol. The standard InChI is InChI=1S/C30H33NO5/c1-6-18(3)36-30(34)25-19(4)31-23-16-17(2)24(29(33)35-5)28(32)27(23)26(25)22-14-12-21(13-15-22)20-10-8-7-9-11-20/h7-15,17-18,24,26,31H,6,16H2,1-5H3/t17-,18-,24+,26-/m0/s1. The fraction of sp³-hybridized carbons (Fsp3) is 0.367. The molecule has 0 saturated carbocycles. The van der Waals surface area contributed by atoms with E-state index in [2.05, 4.69) is 5.32 Å². The van der Waals surface area contributed by atoms with Crippen molar-refractivity contribution in [3.05, 3.63) is 82.7 Å². The Hall–Kier alpha value is -3.67. The maximum atomic E-state index is 13.8. The molecule has 1 heterocycles. The molecule has 0 unspecified atom stereocenters. The molecule has 0 radical (unpaired) electrons. The van der Waals surface area contributed by atoms with Gasteiger partial charge in [0, 0.05) is 22.9 Å². The molecule has 2 aromatic rings. The van der Waals surface area contributed by atoms with Crippen LogP contribution in [0.1, 0.15) is 52.0 Å². The molecule has 1 aliphatic carbocycles. The number of ether oxygens (including phenoxy) is 2. The summed E-state index contributed by atoms with van der Waals surface area (Å²) in [6.07, 6.45) is 0.917. The van der Waals surface area contributed by atoms with Crippen LogP contribution in [0.25, 0.3) is 11.1 Å². The van der Waals surface area contributed by atoms with Crippen LogP contribution in [0.15, 0.2) is 77.1 Å². The number of esters is 2. The molecule has 1 N–H and O–H groups in total. The average molecular weight is 488 g/mol. The molecule has 0 spiro atoms. The molecular formula is C30H33NO5. The zero-order valence-electron chi connectivity index (χ0n) is 21.5. The number of hydrogen-bond donors (Lipinski definition) is 1. The Balaban J connectivity index is 1.83. The molecule has 4 rings (SSSR count).